The van der Waals surface area contributed by atoms with Crippen LogP contribution in [0.1, 0.15) is 37.8 Å². The Bertz CT molecular complexity index is 1480. The Morgan fingerprint density at radius 3 is 2.49 bits per heavy atom. The lowest BCUT2D eigenvalue weighted by atomic mass is 10.1. The van der Waals surface area contributed by atoms with Crippen molar-refractivity contribution < 1.29 is 28.9 Å². The van der Waals surface area contributed by atoms with E-state index in [0.29, 0.717) is 29.5 Å². The normalized spacial score (nSPS) is 14.2. The van der Waals surface area contributed by atoms with Crippen LogP contribution in [0.2, 0.25) is 0 Å². The van der Waals surface area contributed by atoms with Gasteiger partial charge in [-0.05, 0) is 44.0 Å². The van der Waals surface area contributed by atoms with Crippen LogP contribution in [0, 0.1) is 0 Å². The number of rotatable bonds is 16. The van der Waals surface area contributed by atoms with E-state index in [2.05, 4.69) is 37.4 Å². The highest BCUT2D eigenvalue weighted by Crippen LogP contribution is 2.41. The Hall–Kier alpha value is -4.62. The molecule has 1 unspecified atom stereocenters. The molecular formula is C34H47N7O6. The second-order valence-corrected chi connectivity index (χ2v) is 11.7. The van der Waals surface area contributed by atoms with Crippen LogP contribution in [0.5, 0.6) is 17.2 Å². The third kappa shape index (κ3) is 10.4. The number of carbonyl (C=O) groups excluding carboxylic acids is 1. The molecule has 2 amide bonds. The fourth-order valence-electron chi connectivity index (χ4n) is 5.22. The first-order valence-electron chi connectivity index (χ1n) is 16.0. The van der Waals surface area contributed by atoms with Gasteiger partial charge in [-0.1, -0.05) is 31.2 Å². The summed E-state index contributed by atoms with van der Waals surface area (Å²) in [6, 6.07) is 12.5. The number of aromatic nitrogens is 2. The number of ether oxygens (including phenoxy) is 3. The number of piperazine rings is 1. The lowest BCUT2D eigenvalue weighted by Gasteiger charge is -2.32. The maximum atomic E-state index is 12.4. The van der Waals surface area contributed by atoms with Gasteiger partial charge < -0.3 is 39.8 Å². The second kappa shape index (κ2) is 17.3. The first kappa shape index (κ1) is 35.2. The number of anilines is 3. The van der Waals surface area contributed by atoms with Crippen LogP contribution < -0.4 is 29.7 Å². The summed E-state index contributed by atoms with van der Waals surface area (Å²) in [6.45, 7) is 9.69. The fourth-order valence-corrected chi connectivity index (χ4v) is 5.22. The van der Waals surface area contributed by atoms with Gasteiger partial charge in [0.25, 0.3) is 0 Å². The molecule has 3 aromatic rings. The summed E-state index contributed by atoms with van der Waals surface area (Å²) < 4.78 is 17.3. The first-order chi connectivity index (χ1) is 22.7. The number of benzene rings is 2. The van der Waals surface area contributed by atoms with Crippen LogP contribution in [-0.2, 0) is 17.8 Å². The largest absolute Gasteiger partial charge is 0.493 e. The van der Waals surface area contributed by atoms with Crippen molar-refractivity contribution in [2.24, 2.45) is 0 Å². The highest BCUT2D eigenvalue weighted by atomic mass is 16.5. The number of likely N-dealkylation sites (N-methyl/N-ethyl adjacent to an activating group) is 1. The van der Waals surface area contributed by atoms with E-state index in [4.69, 9.17) is 14.2 Å². The van der Waals surface area contributed by atoms with Crippen molar-refractivity contribution >= 4 is 29.5 Å². The Morgan fingerprint density at radius 1 is 1.04 bits per heavy atom. The molecule has 13 nitrogen and oxygen atoms in total. The molecule has 254 valence electrons. The van der Waals surface area contributed by atoms with E-state index in [1.165, 1.54) is 12.3 Å². The van der Waals surface area contributed by atoms with E-state index in [1.807, 2.05) is 38.1 Å². The molecule has 2 heterocycles. The molecule has 4 rings (SSSR count). The Morgan fingerprint density at radius 2 is 1.79 bits per heavy atom. The monoisotopic (exact) mass is 649 g/mol. The van der Waals surface area contributed by atoms with E-state index in [9.17, 15) is 14.7 Å². The van der Waals surface area contributed by atoms with Crippen LogP contribution in [0.25, 0.3) is 0 Å². The zero-order chi connectivity index (χ0) is 33.8. The maximum absolute atomic E-state index is 12.4. The molecule has 13 heteroatoms. The lowest BCUT2D eigenvalue weighted by Crippen LogP contribution is -2.44. The molecule has 1 aliphatic heterocycles. The molecule has 47 heavy (non-hydrogen) atoms. The number of amides is 2. The summed E-state index contributed by atoms with van der Waals surface area (Å²) in [5.74, 6) is 1.76. The third-order valence-corrected chi connectivity index (χ3v) is 8.04. The van der Waals surface area contributed by atoms with Crippen LogP contribution >= 0.6 is 0 Å². The van der Waals surface area contributed by atoms with Crippen molar-refractivity contribution in [1.29, 1.82) is 0 Å². The van der Waals surface area contributed by atoms with E-state index >= 15 is 0 Å². The second-order valence-electron chi connectivity index (χ2n) is 11.7. The van der Waals surface area contributed by atoms with Gasteiger partial charge in [-0.15, -0.1) is 0 Å². The highest BCUT2D eigenvalue weighted by molar-refractivity contribution is 5.85. The van der Waals surface area contributed by atoms with E-state index in [0.717, 1.165) is 61.6 Å². The topological polar surface area (TPSA) is 142 Å². The standard InChI is InChI=1S/C34H47N7O6/c1-6-24(2)36-31(42)20-25-9-7-10-26(19-25)23-41(34(43)44)30-11-12-35-33(38-30)37-27-21-28(45-4)32(46-5)29(22-27)47-18-8-13-40-16-14-39(3)15-17-40/h7,9-12,19,21-22,24H,6,8,13-18,20,23H2,1-5H3,(H,36,42)(H,43,44)(H,35,37,38). The first-order valence-corrected chi connectivity index (χ1v) is 16.0. The van der Waals surface area contributed by atoms with Crippen molar-refractivity contribution in [1.82, 2.24) is 25.1 Å². The Balaban J connectivity index is 1.45. The van der Waals surface area contributed by atoms with Gasteiger partial charge in [0.05, 0.1) is 33.8 Å². The number of carbonyl (C=O) groups is 2. The average molecular weight is 650 g/mol. The number of carboxylic acid groups (broad SMARTS) is 1. The average Bonchev–Trinajstić information content (AvgIpc) is 3.06. The molecule has 3 N–H and O–H groups in total. The van der Waals surface area contributed by atoms with Gasteiger partial charge in [0, 0.05) is 62.8 Å². The molecule has 0 radical (unpaired) electrons. The van der Waals surface area contributed by atoms with Gasteiger partial charge in [-0.3, -0.25) is 9.69 Å². The van der Waals surface area contributed by atoms with E-state index in [1.54, 1.807) is 26.4 Å². The molecular weight excluding hydrogens is 602 g/mol. The summed E-state index contributed by atoms with van der Waals surface area (Å²) in [5.41, 5.74) is 2.10. The van der Waals surface area contributed by atoms with Crippen LogP contribution in [-0.4, -0.2) is 104 Å². The zero-order valence-electron chi connectivity index (χ0n) is 28.0. The summed E-state index contributed by atoms with van der Waals surface area (Å²) >= 11 is 0. The molecule has 2 aromatic carbocycles. The summed E-state index contributed by atoms with van der Waals surface area (Å²) in [7, 11) is 5.25. The number of methoxy groups -OCH3 is 2. The molecule has 0 aliphatic carbocycles. The van der Waals surface area contributed by atoms with Crippen molar-refractivity contribution in [3.05, 3.63) is 59.8 Å². The van der Waals surface area contributed by atoms with Gasteiger partial charge in [-0.2, -0.15) is 4.98 Å². The molecule has 0 spiro atoms. The number of hydrogen-bond donors (Lipinski definition) is 3. The van der Waals surface area contributed by atoms with E-state index in [-0.39, 0.29) is 36.7 Å². The van der Waals surface area contributed by atoms with Gasteiger partial charge in [0.1, 0.15) is 5.82 Å². The predicted molar refractivity (Wildman–Crippen MR) is 181 cm³/mol. The van der Waals surface area contributed by atoms with Crippen molar-refractivity contribution in [3.8, 4) is 17.2 Å². The predicted octanol–water partition coefficient (Wildman–Crippen LogP) is 4.40. The molecule has 1 atom stereocenters. The van der Waals surface area contributed by atoms with Gasteiger partial charge in [-0.25, -0.2) is 9.78 Å². The van der Waals surface area contributed by atoms with Crippen molar-refractivity contribution in [2.75, 3.05) is 70.8 Å². The summed E-state index contributed by atoms with van der Waals surface area (Å²) in [5, 5.41) is 16.2. The Kier molecular flexibility index (Phi) is 13.0. The SMILES string of the molecule is CCC(C)NC(=O)Cc1cccc(CN(C(=O)O)c2ccnc(Nc3cc(OC)c(OC)c(OCCCN4CCN(C)CC4)c3)n2)c1. The van der Waals surface area contributed by atoms with E-state index < -0.39 is 6.09 Å². The van der Waals surface area contributed by atoms with Crippen molar-refractivity contribution in [3.63, 3.8) is 0 Å². The Labute approximate surface area is 276 Å². The highest BCUT2D eigenvalue weighted by Gasteiger charge is 2.20. The number of hydrogen-bond acceptors (Lipinski definition) is 10. The molecule has 1 fully saturated rings. The fraction of sp³-hybridized carbons (Fsp3) is 0.471. The van der Waals surface area contributed by atoms with Crippen molar-refractivity contribution in [2.45, 2.75) is 45.7 Å². The molecule has 1 aromatic heterocycles. The number of nitrogens with one attached hydrogen (secondary N) is 2. The van der Waals surface area contributed by atoms with Gasteiger partial charge in [0.15, 0.2) is 11.5 Å². The molecule has 1 aliphatic rings. The zero-order valence-corrected chi connectivity index (χ0v) is 28.0. The van der Waals surface area contributed by atoms with Gasteiger partial charge in [0.2, 0.25) is 17.6 Å². The minimum Gasteiger partial charge on any atom is -0.493 e. The van der Waals surface area contributed by atoms with Crippen LogP contribution in [0.15, 0.2) is 48.7 Å². The molecule has 0 bridgehead atoms. The minimum absolute atomic E-state index is 0.0368. The minimum atomic E-state index is -1.17. The molecule has 1 saturated heterocycles. The summed E-state index contributed by atoms with van der Waals surface area (Å²) in [4.78, 5) is 39.5. The third-order valence-electron chi connectivity index (χ3n) is 8.04. The number of nitrogens with zero attached hydrogens (tertiary/aromatic N) is 5. The smallest absolute Gasteiger partial charge is 0.413 e. The van der Waals surface area contributed by atoms with Gasteiger partial charge >= 0.3 is 6.09 Å². The van der Waals surface area contributed by atoms with Crippen LogP contribution in [0.4, 0.5) is 22.2 Å². The lowest BCUT2D eigenvalue weighted by molar-refractivity contribution is -0.121. The maximum Gasteiger partial charge on any atom is 0.413 e. The molecule has 0 saturated carbocycles. The van der Waals surface area contributed by atoms with Crippen LogP contribution in [0.3, 0.4) is 0 Å². The quantitative estimate of drug-likeness (QED) is 0.190. The summed E-state index contributed by atoms with van der Waals surface area (Å²) in [6.07, 6.45) is 2.23.